The number of nitrogens with zero attached hydrogens (tertiary/aromatic N) is 4. The van der Waals surface area contributed by atoms with Crippen LogP contribution in [0.5, 0.6) is 0 Å². The van der Waals surface area contributed by atoms with Crippen molar-refractivity contribution >= 4 is 17.2 Å². The van der Waals surface area contributed by atoms with E-state index >= 15 is 0 Å². The first kappa shape index (κ1) is 16.2. The third kappa shape index (κ3) is 4.19. The zero-order chi connectivity index (χ0) is 16.1. The molecule has 2 aromatic rings. The highest BCUT2D eigenvalue weighted by atomic mass is 32.1. The fraction of sp³-hybridized carbons (Fsp3) is 0.588. The molecular weight excluding hydrogens is 308 g/mol. The van der Waals surface area contributed by atoms with E-state index in [-0.39, 0.29) is 5.91 Å². The molecule has 2 aromatic heterocycles. The maximum Gasteiger partial charge on any atom is 0.223 e. The third-order valence-electron chi connectivity index (χ3n) is 4.61. The number of carbonyl (C=O) groups excluding carboxylic acids is 1. The van der Waals surface area contributed by atoms with Crippen LogP contribution >= 0.6 is 11.3 Å². The molecule has 1 fully saturated rings. The van der Waals surface area contributed by atoms with Crippen LogP contribution in [0, 0.1) is 6.92 Å². The van der Waals surface area contributed by atoms with E-state index < -0.39 is 0 Å². The molecule has 0 N–H and O–H groups in total. The first-order valence-electron chi connectivity index (χ1n) is 8.39. The predicted molar refractivity (Wildman–Crippen MR) is 91.1 cm³/mol. The lowest BCUT2D eigenvalue weighted by Crippen LogP contribution is -2.38. The molecule has 0 atom stereocenters. The number of hydrogen-bond acceptors (Lipinski definition) is 4. The van der Waals surface area contributed by atoms with Crippen LogP contribution in [-0.4, -0.2) is 31.6 Å². The van der Waals surface area contributed by atoms with E-state index in [1.54, 1.807) is 22.3 Å². The van der Waals surface area contributed by atoms with Crippen molar-refractivity contribution in [1.82, 2.24) is 19.7 Å². The van der Waals surface area contributed by atoms with Crippen molar-refractivity contribution in [1.29, 1.82) is 0 Å². The molecule has 1 aliphatic rings. The number of rotatable bonds is 7. The molecule has 6 heteroatoms. The molecule has 2 heterocycles. The predicted octanol–water partition coefficient (Wildman–Crippen LogP) is 3.40. The van der Waals surface area contributed by atoms with Gasteiger partial charge in [-0.3, -0.25) is 9.48 Å². The van der Waals surface area contributed by atoms with Gasteiger partial charge in [-0.2, -0.15) is 5.10 Å². The first-order valence-corrected chi connectivity index (χ1v) is 9.27. The van der Waals surface area contributed by atoms with Crippen LogP contribution in [0.15, 0.2) is 24.1 Å². The molecule has 124 valence electrons. The number of thiophene rings is 1. The number of hydrogen-bond donors (Lipinski definition) is 0. The van der Waals surface area contributed by atoms with Gasteiger partial charge in [-0.1, -0.05) is 12.8 Å². The Morgan fingerprint density at radius 1 is 1.43 bits per heavy atom. The molecule has 0 radical (unpaired) electrons. The molecule has 1 aliphatic carbocycles. The van der Waals surface area contributed by atoms with E-state index in [0.717, 1.165) is 32.4 Å². The Kier molecular flexibility index (Phi) is 5.43. The summed E-state index contributed by atoms with van der Waals surface area (Å²) in [5.74, 6) is 0.282. The standard InChI is InChI=1S/C17H24N4OS/c1-14-8-10-23-16(14)11-21(15-5-2-3-6-15)17(22)7-4-9-20-13-18-12-19-20/h8,10,12-13,15H,2-7,9,11H2,1H3. The molecule has 0 spiro atoms. The summed E-state index contributed by atoms with van der Waals surface area (Å²) in [5, 5.41) is 6.21. The second kappa shape index (κ2) is 7.73. The van der Waals surface area contributed by atoms with Crippen LogP contribution in [0.3, 0.4) is 0 Å². The van der Waals surface area contributed by atoms with Crippen LogP contribution in [0.4, 0.5) is 0 Å². The highest BCUT2D eigenvalue weighted by Crippen LogP contribution is 2.28. The molecule has 0 bridgehead atoms. The quantitative estimate of drug-likeness (QED) is 0.781. The Morgan fingerprint density at radius 2 is 2.26 bits per heavy atom. The van der Waals surface area contributed by atoms with Crippen molar-refractivity contribution < 1.29 is 4.79 Å². The Bertz CT molecular complexity index is 616. The highest BCUT2D eigenvalue weighted by Gasteiger charge is 2.27. The molecule has 0 aliphatic heterocycles. The molecular formula is C17H24N4OS. The number of aryl methyl sites for hydroxylation is 2. The van der Waals surface area contributed by atoms with Crippen LogP contribution in [-0.2, 0) is 17.9 Å². The zero-order valence-corrected chi connectivity index (χ0v) is 14.5. The maximum atomic E-state index is 12.8. The van der Waals surface area contributed by atoms with Crippen molar-refractivity contribution in [3.8, 4) is 0 Å². The van der Waals surface area contributed by atoms with E-state index in [1.807, 2.05) is 0 Å². The summed E-state index contributed by atoms with van der Waals surface area (Å²) in [6.45, 7) is 3.66. The van der Waals surface area contributed by atoms with Gasteiger partial charge in [0.1, 0.15) is 12.7 Å². The lowest BCUT2D eigenvalue weighted by atomic mass is 10.1. The molecule has 0 saturated heterocycles. The minimum absolute atomic E-state index is 0.282. The zero-order valence-electron chi connectivity index (χ0n) is 13.6. The second-order valence-corrected chi connectivity index (χ2v) is 7.25. The molecule has 23 heavy (non-hydrogen) atoms. The van der Waals surface area contributed by atoms with E-state index in [4.69, 9.17) is 0 Å². The minimum Gasteiger partial charge on any atom is -0.335 e. The average Bonchev–Trinajstić information content (AvgIpc) is 3.28. The van der Waals surface area contributed by atoms with Gasteiger partial charge in [0.25, 0.3) is 0 Å². The van der Waals surface area contributed by atoms with Crippen LogP contribution in [0.1, 0.15) is 49.0 Å². The summed E-state index contributed by atoms with van der Waals surface area (Å²) < 4.78 is 1.79. The minimum atomic E-state index is 0.282. The molecule has 5 nitrogen and oxygen atoms in total. The van der Waals surface area contributed by atoms with Crippen LogP contribution in [0.25, 0.3) is 0 Å². The van der Waals surface area contributed by atoms with Crippen LogP contribution < -0.4 is 0 Å². The van der Waals surface area contributed by atoms with Crippen molar-refractivity contribution in [3.63, 3.8) is 0 Å². The van der Waals surface area contributed by atoms with E-state index in [1.165, 1.54) is 29.6 Å². The highest BCUT2D eigenvalue weighted by molar-refractivity contribution is 7.10. The summed E-state index contributed by atoms with van der Waals surface area (Å²) in [5.41, 5.74) is 1.30. The lowest BCUT2D eigenvalue weighted by molar-refractivity contribution is -0.134. The fourth-order valence-corrected chi connectivity index (χ4v) is 4.15. The van der Waals surface area contributed by atoms with E-state index in [2.05, 4.69) is 33.4 Å². The average molecular weight is 332 g/mol. The van der Waals surface area contributed by atoms with Gasteiger partial charge in [0.2, 0.25) is 5.91 Å². The normalized spacial score (nSPS) is 15.2. The molecule has 1 amide bonds. The summed E-state index contributed by atoms with van der Waals surface area (Å²) in [4.78, 5) is 20.2. The molecule has 0 aromatic carbocycles. The Labute approximate surface area is 141 Å². The molecule has 1 saturated carbocycles. The van der Waals surface area contributed by atoms with Gasteiger partial charge in [-0.05, 0) is 43.2 Å². The van der Waals surface area contributed by atoms with Gasteiger partial charge in [-0.15, -0.1) is 11.3 Å². The molecule has 3 rings (SSSR count). The first-order chi connectivity index (χ1) is 11.2. The van der Waals surface area contributed by atoms with Gasteiger partial charge < -0.3 is 4.90 Å². The Balaban J connectivity index is 1.59. The lowest BCUT2D eigenvalue weighted by Gasteiger charge is -2.29. The largest absolute Gasteiger partial charge is 0.335 e. The Hall–Kier alpha value is -1.69. The van der Waals surface area contributed by atoms with Gasteiger partial charge in [-0.25, -0.2) is 4.98 Å². The van der Waals surface area contributed by atoms with Gasteiger partial charge in [0.15, 0.2) is 0 Å². The number of amides is 1. The Morgan fingerprint density at radius 3 is 2.91 bits per heavy atom. The van der Waals surface area contributed by atoms with Crippen molar-refractivity contribution in [2.75, 3.05) is 0 Å². The smallest absolute Gasteiger partial charge is 0.223 e. The van der Waals surface area contributed by atoms with Gasteiger partial charge in [0, 0.05) is 23.9 Å². The SMILES string of the molecule is Cc1ccsc1CN(C(=O)CCCn1cncn1)C1CCCC1. The van der Waals surface area contributed by atoms with E-state index in [9.17, 15) is 4.79 Å². The summed E-state index contributed by atoms with van der Waals surface area (Å²) >= 11 is 1.76. The van der Waals surface area contributed by atoms with E-state index in [0.29, 0.717) is 12.5 Å². The van der Waals surface area contributed by atoms with Crippen molar-refractivity contribution in [2.24, 2.45) is 0 Å². The second-order valence-electron chi connectivity index (χ2n) is 6.25. The topological polar surface area (TPSA) is 51.0 Å². The summed E-state index contributed by atoms with van der Waals surface area (Å²) in [7, 11) is 0. The monoisotopic (exact) mass is 332 g/mol. The van der Waals surface area contributed by atoms with Crippen molar-refractivity contribution in [3.05, 3.63) is 34.5 Å². The van der Waals surface area contributed by atoms with Crippen LogP contribution in [0.2, 0.25) is 0 Å². The summed E-state index contributed by atoms with van der Waals surface area (Å²) in [6.07, 6.45) is 9.43. The number of carbonyl (C=O) groups is 1. The fourth-order valence-electron chi connectivity index (χ4n) is 3.24. The molecule has 0 unspecified atom stereocenters. The number of aromatic nitrogens is 3. The van der Waals surface area contributed by atoms with Gasteiger partial charge >= 0.3 is 0 Å². The maximum absolute atomic E-state index is 12.8. The third-order valence-corrected chi connectivity index (χ3v) is 5.62. The van der Waals surface area contributed by atoms with Gasteiger partial charge in [0.05, 0.1) is 6.54 Å². The summed E-state index contributed by atoms with van der Waals surface area (Å²) in [6, 6.07) is 2.57. The van der Waals surface area contributed by atoms with Crippen molar-refractivity contribution in [2.45, 2.75) is 64.6 Å².